The van der Waals surface area contributed by atoms with Crippen LogP contribution in [0.1, 0.15) is 65.1 Å². The summed E-state index contributed by atoms with van der Waals surface area (Å²) in [5, 5.41) is 3.45. The summed E-state index contributed by atoms with van der Waals surface area (Å²) in [7, 11) is 0. The van der Waals surface area contributed by atoms with Gasteiger partial charge in [-0.15, -0.1) is 0 Å². The molecule has 1 atom stereocenters. The Morgan fingerprint density at radius 2 is 1.96 bits per heavy atom. The van der Waals surface area contributed by atoms with E-state index in [1.165, 1.54) is 5.56 Å². The van der Waals surface area contributed by atoms with E-state index in [0.29, 0.717) is 6.54 Å². The maximum atomic E-state index is 12.4. The van der Waals surface area contributed by atoms with Gasteiger partial charge in [-0.05, 0) is 65.2 Å². The minimum atomic E-state index is -0.481. The molecule has 0 radical (unpaired) electrons. The smallest absolute Gasteiger partial charge is 0.410 e. The molecule has 0 unspecified atom stereocenters. The fraction of sp³-hybridized carbons (Fsp3) is 0.632. The average molecular weight is 320 g/mol. The summed E-state index contributed by atoms with van der Waals surface area (Å²) in [5.74, 6) is 0. The lowest BCUT2D eigenvalue weighted by molar-refractivity contribution is 0.0186. The second-order valence-electron chi connectivity index (χ2n) is 6.94. The Kier molecular flexibility index (Phi) is 6.92. The maximum Gasteiger partial charge on any atom is 0.410 e. The van der Waals surface area contributed by atoms with E-state index in [2.05, 4.69) is 37.4 Å². The summed E-state index contributed by atoms with van der Waals surface area (Å²) in [6.45, 7) is 15.5. The van der Waals surface area contributed by atoms with Gasteiger partial charge in [-0.3, -0.25) is 0 Å². The Hall–Kier alpha value is -1.71. The van der Waals surface area contributed by atoms with Gasteiger partial charge in [0.1, 0.15) is 5.60 Å². The number of carbonyl (C=O) groups excluding carboxylic acids is 1. The third-order valence-corrected chi connectivity index (χ3v) is 3.75. The van der Waals surface area contributed by atoms with E-state index in [1.54, 1.807) is 4.90 Å². The quantitative estimate of drug-likeness (QED) is 0.789. The first-order valence-electron chi connectivity index (χ1n) is 8.53. The summed E-state index contributed by atoms with van der Waals surface area (Å²) >= 11 is 0. The Morgan fingerprint density at radius 3 is 2.48 bits per heavy atom. The minimum absolute atomic E-state index is 0.0300. The van der Waals surface area contributed by atoms with Gasteiger partial charge in [0.2, 0.25) is 0 Å². The van der Waals surface area contributed by atoms with Crippen molar-refractivity contribution in [2.24, 2.45) is 0 Å². The summed E-state index contributed by atoms with van der Waals surface area (Å²) in [5.41, 5.74) is 2.98. The lowest BCUT2D eigenvalue weighted by Gasteiger charge is -2.31. The normalized spacial score (nSPS) is 12.7. The number of rotatable bonds is 6. The minimum Gasteiger partial charge on any atom is -0.444 e. The molecule has 0 spiro atoms. The highest BCUT2D eigenvalue weighted by Gasteiger charge is 2.25. The number of benzene rings is 1. The van der Waals surface area contributed by atoms with Crippen molar-refractivity contribution in [1.82, 2.24) is 4.90 Å². The molecule has 0 aliphatic carbocycles. The molecule has 0 saturated carbocycles. The van der Waals surface area contributed by atoms with Gasteiger partial charge >= 0.3 is 6.09 Å². The standard InChI is InChI=1S/C19H32N2O2/c1-8-12-20-17-13-16(11-10-14(17)3)15(4)21(9-2)18(22)23-19(5,6)7/h10-11,13,15,20H,8-9,12H2,1-7H3/t15-/m0/s1. The van der Waals surface area contributed by atoms with Crippen molar-refractivity contribution in [3.05, 3.63) is 29.3 Å². The van der Waals surface area contributed by atoms with Crippen LogP contribution < -0.4 is 5.32 Å². The number of anilines is 1. The fourth-order valence-corrected chi connectivity index (χ4v) is 2.41. The van der Waals surface area contributed by atoms with E-state index in [4.69, 9.17) is 4.74 Å². The molecule has 0 heterocycles. The van der Waals surface area contributed by atoms with Gasteiger partial charge in [-0.2, -0.15) is 0 Å². The number of nitrogens with one attached hydrogen (secondary N) is 1. The van der Waals surface area contributed by atoms with Crippen molar-refractivity contribution in [3.8, 4) is 0 Å². The highest BCUT2D eigenvalue weighted by Crippen LogP contribution is 2.26. The van der Waals surface area contributed by atoms with E-state index >= 15 is 0 Å². The average Bonchev–Trinajstić information content (AvgIpc) is 2.45. The largest absolute Gasteiger partial charge is 0.444 e. The molecular weight excluding hydrogens is 288 g/mol. The molecule has 1 aromatic carbocycles. The van der Waals surface area contributed by atoms with E-state index in [0.717, 1.165) is 24.2 Å². The first-order chi connectivity index (χ1) is 10.7. The summed E-state index contributed by atoms with van der Waals surface area (Å²) < 4.78 is 5.52. The van der Waals surface area contributed by atoms with Crippen molar-refractivity contribution < 1.29 is 9.53 Å². The van der Waals surface area contributed by atoms with Crippen molar-refractivity contribution in [1.29, 1.82) is 0 Å². The van der Waals surface area contributed by atoms with Gasteiger partial charge in [-0.25, -0.2) is 4.79 Å². The molecule has 1 aromatic rings. The van der Waals surface area contributed by atoms with Crippen LogP contribution in [0.15, 0.2) is 18.2 Å². The topological polar surface area (TPSA) is 41.6 Å². The van der Waals surface area contributed by atoms with Crippen LogP contribution in [0.5, 0.6) is 0 Å². The van der Waals surface area contributed by atoms with Crippen LogP contribution in [0.3, 0.4) is 0 Å². The van der Waals surface area contributed by atoms with Gasteiger partial charge in [0.05, 0.1) is 6.04 Å². The lowest BCUT2D eigenvalue weighted by Crippen LogP contribution is -2.38. The van der Waals surface area contributed by atoms with Crippen molar-refractivity contribution in [2.45, 2.75) is 66.5 Å². The number of nitrogens with zero attached hydrogens (tertiary/aromatic N) is 1. The SMILES string of the molecule is CCCNc1cc([C@H](C)N(CC)C(=O)OC(C)(C)C)ccc1C. The van der Waals surface area contributed by atoms with Gasteiger partial charge in [0.15, 0.2) is 0 Å². The molecular formula is C19H32N2O2. The molecule has 23 heavy (non-hydrogen) atoms. The Morgan fingerprint density at radius 1 is 1.30 bits per heavy atom. The highest BCUT2D eigenvalue weighted by molar-refractivity contribution is 5.69. The fourth-order valence-electron chi connectivity index (χ4n) is 2.41. The summed E-state index contributed by atoms with van der Waals surface area (Å²) in [4.78, 5) is 14.2. The lowest BCUT2D eigenvalue weighted by atomic mass is 10.0. The molecule has 1 N–H and O–H groups in total. The zero-order valence-electron chi connectivity index (χ0n) is 15.7. The predicted octanol–water partition coefficient (Wildman–Crippen LogP) is 5.13. The highest BCUT2D eigenvalue weighted by atomic mass is 16.6. The zero-order valence-corrected chi connectivity index (χ0v) is 15.7. The van der Waals surface area contributed by atoms with Crippen LogP contribution in [0.2, 0.25) is 0 Å². The Bertz CT molecular complexity index is 521. The number of ether oxygens (including phenoxy) is 1. The van der Waals surface area contributed by atoms with Gasteiger partial charge < -0.3 is 15.0 Å². The summed E-state index contributed by atoms with van der Waals surface area (Å²) in [6, 6.07) is 6.30. The first-order valence-corrected chi connectivity index (χ1v) is 8.53. The molecule has 1 rings (SSSR count). The number of hydrogen-bond donors (Lipinski definition) is 1. The molecule has 0 aliphatic heterocycles. The molecule has 4 nitrogen and oxygen atoms in total. The first kappa shape index (κ1) is 19.3. The van der Waals surface area contributed by atoms with Crippen LogP contribution in [-0.4, -0.2) is 29.7 Å². The van der Waals surface area contributed by atoms with Crippen molar-refractivity contribution in [3.63, 3.8) is 0 Å². The van der Waals surface area contributed by atoms with Crippen LogP contribution in [0, 0.1) is 6.92 Å². The Balaban J connectivity index is 2.96. The monoisotopic (exact) mass is 320 g/mol. The second kappa shape index (κ2) is 8.23. The number of aryl methyl sites for hydroxylation is 1. The molecule has 1 amide bonds. The number of hydrogen-bond acceptors (Lipinski definition) is 3. The molecule has 0 saturated heterocycles. The molecule has 130 valence electrons. The van der Waals surface area contributed by atoms with Gasteiger partial charge in [0.25, 0.3) is 0 Å². The molecule has 0 aromatic heterocycles. The predicted molar refractivity (Wildman–Crippen MR) is 97.0 cm³/mol. The van der Waals surface area contributed by atoms with E-state index in [9.17, 15) is 4.79 Å². The second-order valence-corrected chi connectivity index (χ2v) is 6.94. The summed E-state index contributed by atoms with van der Waals surface area (Å²) in [6.07, 6.45) is 0.814. The van der Waals surface area contributed by atoms with Crippen LogP contribution in [-0.2, 0) is 4.74 Å². The van der Waals surface area contributed by atoms with Gasteiger partial charge in [-0.1, -0.05) is 19.1 Å². The van der Waals surface area contributed by atoms with Gasteiger partial charge in [0, 0.05) is 18.8 Å². The van der Waals surface area contributed by atoms with Crippen LogP contribution in [0.4, 0.5) is 10.5 Å². The Labute approximate surface area is 141 Å². The molecule has 4 heteroatoms. The van der Waals surface area contributed by atoms with E-state index < -0.39 is 5.60 Å². The number of carbonyl (C=O) groups is 1. The number of amides is 1. The molecule has 0 bridgehead atoms. The third kappa shape index (κ3) is 5.77. The maximum absolute atomic E-state index is 12.4. The van der Waals surface area contributed by atoms with Crippen LogP contribution >= 0.6 is 0 Å². The van der Waals surface area contributed by atoms with E-state index in [1.807, 2.05) is 34.6 Å². The third-order valence-electron chi connectivity index (χ3n) is 3.75. The van der Waals surface area contributed by atoms with Crippen molar-refractivity contribution in [2.75, 3.05) is 18.4 Å². The van der Waals surface area contributed by atoms with Crippen LogP contribution in [0.25, 0.3) is 0 Å². The molecule has 0 fully saturated rings. The zero-order chi connectivity index (χ0) is 17.6. The molecule has 0 aliphatic rings. The van der Waals surface area contributed by atoms with E-state index in [-0.39, 0.29) is 12.1 Å². The van der Waals surface area contributed by atoms with Crippen molar-refractivity contribution >= 4 is 11.8 Å².